The predicted octanol–water partition coefficient (Wildman–Crippen LogP) is 4.16. The lowest BCUT2D eigenvalue weighted by atomic mass is 10.1. The number of hydrogen-bond donors (Lipinski definition) is 1. The van der Waals surface area contributed by atoms with Gasteiger partial charge in [0.1, 0.15) is 11.6 Å². The number of amides is 1. The number of nitriles is 1. The molecule has 0 fully saturated rings. The van der Waals surface area contributed by atoms with Gasteiger partial charge in [-0.2, -0.15) is 15.0 Å². The Morgan fingerprint density at radius 2 is 1.93 bits per heavy atom. The molecule has 6 nitrogen and oxygen atoms in total. The van der Waals surface area contributed by atoms with Gasteiger partial charge >= 0.3 is 0 Å². The Labute approximate surface area is 162 Å². The van der Waals surface area contributed by atoms with E-state index >= 15 is 0 Å². The maximum absolute atomic E-state index is 12.7. The molecule has 0 saturated heterocycles. The molecule has 1 N–H and O–H groups in total. The monoisotopic (exact) mass is 367 g/mol. The van der Waals surface area contributed by atoms with E-state index in [1.165, 1.54) is 10.9 Å². The second kappa shape index (κ2) is 6.97. The molecule has 2 aromatic carbocycles. The highest BCUT2D eigenvalue weighted by atomic mass is 16.1. The molecule has 1 amide bonds. The third kappa shape index (κ3) is 3.10. The van der Waals surface area contributed by atoms with E-state index in [0.29, 0.717) is 17.2 Å². The standard InChI is InChI=1S/C22H17N5O/c1-14-6-5-7-16(10-14)22(28)26-21-17(12-23)13-24-27(21)20-11-15(2)18-8-3-4-9-19(18)25-20/h3-11,13H,1-2H3,(H,26,28). The van der Waals surface area contributed by atoms with Crippen LogP contribution in [0.15, 0.2) is 60.8 Å². The number of aromatic nitrogens is 3. The van der Waals surface area contributed by atoms with Crippen LogP contribution in [0, 0.1) is 25.2 Å². The van der Waals surface area contributed by atoms with Gasteiger partial charge in [-0.15, -0.1) is 0 Å². The van der Waals surface area contributed by atoms with Crippen LogP contribution in [0.2, 0.25) is 0 Å². The fourth-order valence-corrected chi connectivity index (χ4v) is 3.13. The van der Waals surface area contributed by atoms with E-state index in [0.717, 1.165) is 22.0 Å². The lowest BCUT2D eigenvalue weighted by molar-refractivity contribution is 0.102. The number of rotatable bonds is 3. The Morgan fingerprint density at radius 1 is 1.11 bits per heavy atom. The predicted molar refractivity (Wildman–Crippen MR) is 107 cm³/mol. The molecule has 28 heavy (non-hydrogen) atoms. The minimum Gasteiger partial charge on any atom is -0.305 e. The van der Waals surface area contributed by atoms with E-state index in [9.17, 15) is 10.1 Å². The number of carbonyl (C=O) groups excluding carboxylic acids is 1. The van der Waals surface area contributed by atoms with Crippen molar-refractivity contribution in [3.8, 4) is 11.9 Å². The van der Waals surface area contributed by atoms with Crippen LogP contribution in [0.3, 0.4) is 0 Å². The number of anilines is 1. The van der Waals surface area contributed by atoms with Crippen molar-refractivity contribution < 1.29 is 4.79 Å². The molecule has 0 bridgehead atoms. The van der Waals surface area contributed by atoms with Gasteiger partial charge < -0.3 is 5.32 Å². The summed E-state index contributed by atoms with van der Waals surface area (Å²) in [4.78, 5) is 17.4. The van der Waals surface area contributed by atoms with Gasteiger partial charge in [0, 0.05) is 10.9 Å². The lowest BCUT2D eigenvalue weighted by Crippen LogP contribution is -2.16. The number of hydrogen-bond acceptors (Lipinski definition) is 4. The molecule has 0 aliphatic heterocycles. The summed E-state index contributed by atoms with van der Waals surface area (Å²) in [5, 5.41) is 17.6. The fraction of sp³-hybridized carbons (Fsp3) is 0.0909. The largest absolute Gasteiger partial charge is 0.305 e. The third-order valence-electron chi connectivity index (χ3n) is 4.53. The molecule has 2 heterocycles. The van der Waals surface area contributed by atoms with E-state index in [-0.39, 0.29) is 11.5 Å². The Bertz CT molecular complexity index is 1250. The van der Waals surface area contributed by atoms with Crippen molar-refractivity contribution in [1.82, 2.24) is 14.8 Å². The van der Waals surface area contributed by atoms with Crippen molar-refractivity contribution >= 4 is 22.6 Å². The average molecular weight is 367 g/mol. The summed E-state index contributed by atoms with van der Waals surface area (Å²) in [6.07, 6.45) is 1.43. The van der Waals surface area contributed by atoms with Crippen molar-refractivity contribution in [3.05, 3.63) is 83.0 Å². The quantitative estimate of drug-likeness (QED) is 0.589. The summed E-state index contributed by atoms with van der Waals surface area (Å²) in [6, 6.07) is 19.0. The maximum atomic E-state index is 12.7. The SMILES string of the molecule is Cc1cccc(C(=O)Nc2c(C#N)cnn2-c2cc(C)c3ccccc3n2)c1. The Kier molecular flexibility index (Phi) is 4.34. The normalized spacial score (nSPS) is 10.6. The highest BCUT2D eigenvalue weighted by molar-refractivity contribution is 6.04. The smallest absolute Gasteiger partial charge is 0.256 e. The van der Waals surface area contributed by atoms with Crippen LogP contribution in [0.5, 0.6) is 0 Å². The van der Waals surface area contributed by atoms with Crippen LogP contribution in [-0.2, 0) is 0 Å². The molecule has 0 aliphatic carbocycles. The minimum atomic E-state index is -0.306. The molecule has 2 aromatic heterocycles. The number of para-hydroxylation sites is 1. The van der Waals surface area contributed by atoms with Crippen molar-refractivity contribution in [2.45, 2.75) is 13.8 Å². The van der Waals surface area contributed by atoms with E-state index in [4.69, 9.17) is 0 Å². The van der Waals surface area contributed by atoms with Gasteiger partial charge in [-0.25, -0.2) is 4.98 Å². The fourth-order valence-electron chi connectivity index (χ4n) is 3.13. The molecule has 0 spiro atoms. The zero-order valence-corrected chi connectivity index (χ0v) is 15.5. The number of aryl methyl sites for hydroxylation is 2. The lowest BCUT2D eigenvalue weighted by Gasteiger charge is -2.11. The number of nitrogens with one attached hydrogen (secondary N) is 1. The van der Waals surface area contributed by atoms with Crippen LogP contribution in [-0.4, -0.2) is 20.7 Å². The first-order valence-electron chi connectivity index (χ1n) is 8.80. The number of nitrogens with zero attached hydrogens (tertiary/aromatic N) is 4. The molecule has 0 aliphatic rings. The first kappa shape index (κ1) is 17.4. The molecule has 0 saturated carbocycles. The maximum Gasteiger partial charge on any atom is 0.256 e. The zero-order valence-electron chi connectivity index (χ0n) is 15.5. The Balaban J connectivity index is 1.79. The molecule has 0 unspecified atom stereocenters. The first-order chi connectivity index (χ1) is 13.6. The van der Waals surface area contributed by atoms with Gasteiger partial charge in [0.2, 0.25) is 0 Å². The van der Waals surface area contributed by atoms with Crippen LogP contribution in [0.1, 0.15) is 27.0 Å². The minimum absolute atomic E-state index is 0.272. The number of benzene rings is 2. The number of carbonyl (C=O) groups is 1. The molecule has 0 atom stereocenters. The van der Waals surface area contributed by atoms with E-state index < -0.39 is 0 Å². The van der Waals surface area contributed by atoms with Gasteiger partial charge in [0.15, 0.2) is 11.6 Å². The van der Waals surface area contributed by atoms with Gasteiger partial charge in [-0.05, 0) is 43.7 Å². The summed E-state index contributed by atoms with van der Waals surface area (Å²) in [5.74, 6) is 0.535. The van der Waals surface area contributed by atoms with Gasteiger partial charge in [0.25, 0.3) is 5.91 Å². The molecule has 136 valence electrons. The molecule has 6 heteroatoms. The molecular weight excluding hydrogens is 350 g/mol. The van der Waals surface area contributed by atoms with Gasteiger partial charge in [-0.3, -0.25) is 4.79 Å². The second-order valence-electron chi connectivity index (χ2n) is 6.57. The number of pyridine rings is 1. The summed E-state index contributed by atoms with van der Waals surface area (Å²) < 4.78 is 1.49. The van der Waals surface area contributed by atoms with Crippen LogP contribution in [0.4, 0.5) is 5.82 Å². The summed E-state index contributed by atoms with van der Waals surface area (Å²) >= 11 is 0. The number of fused-ring (bicyclic) bond motifs is 1. The first-order valence-corrected chi connectivity index (χ1v) is 8.80. The Hall–Kier alpha value is -3.98. The van der Waals surface area contributed by atoms with Crippen LogP contribution < -0.4 is 5.32 Å². The average Bonchev–Trinajstić information content (AvgIpc) is 3.10. The van der Waals surface area contributed by atoms with Crippen molar-refractivity contribution in [2.24, 2.45) is 0 Å². The van der Waals surface area contributed by atoms with Crippen molar-refractivity contribution in [1.29, 1.82) is 5.26 Å². The highest BCUT2D eigenvalue weighted by Crippen LogP contribution is 2.24. The van der Waals surface area contributed by atoms with E-state index in [2.05, 4.69) is 21.5 Å². The Morgan fingerprint density at radius 3 is 2.71 bits per heavy atom. The molecule has 0 radical (unpaired) electrons. The second-order valence-corrected chi connectivity index (χ2v) is 6.57. The van der Waals surface area contributed by atoms with Crippen LogP contribution >= 0.6 is 0 Å². The van der Waals surface area contributed by atoms with E-state index in [1.807, 2.05) is 56.3 Å². The summed E-state index contributed by atoms with van der Waals surface area (Å²) in [7, 11) is 0. The van der Waals surface area contributed by atoms with Gasteiger partial charge in [0.05, 0.1) is 11.7 Å². The third-order valence-corrected chi connectivity index (χ3v) is 4.53. The highest BCUT2D eigenvalue weighted by Gasteiger charge is 2.17. The van der Waals surface area contributed by atoms with Crippen LogP contribution in [0.25, 0.3) is 16.7 Å². The summed E-state index contributed by atoms with van der Waals surface area (Å²) in [5.41, 5.74) is 3.62. The van der Waals surface area contributed by atoms with Gasteiger partial charge in [-0.1, -0.05) is 35.9 Å². The zero-order chi connectivity index (χ0) is 19.7. The van der Waals surface area contributed by atoms with E-state index in [1.54, 1.807) is 12.1 Å². The van der Waals surface area contributed by atoms with Crippen molar-refractivity contribution in [3.63, 3.8) is 0 Å². The summed E-state index contributed by atoms with van der Waals surface area (Å²) in [6.45, 7) is 3.91. The molecule has 4 rings (SSSR count). The molecular formula is C22H17N5O. The topological polar surface area (TPSA) is 83.6 Å². The molecule has 4 aromatic rings. The van der Waals surface area contributed by atoms with Crippen molar-refractivity contribution in [2.75, 3.05) is 5.32 Å².